The number of amides is 1. The SMILES string of the molecule is COC(=O)C1CCN(C(=O)CSc2nc3ccccc3n2CCc2ccccc2)CC1. The average molecular weight is 438 g/mol. The van der Waals surface area contributed by atoms with Crippen molar-refractivity contribution in [3.05, 3.63) is 60.2 Å². The van der Waals surface area contributed by atoms with Gasteiger partial charge in [-0.15, -0.1) is 0 Å². The molecule has 0 aliphatic carbocycles. The van der Waals surface area contributed by atoms with E-state index in [0.717, 1.165) is 29.2 Å². The van der Waals surface area contributed by atoms with Crippen LogP contribution in [0.25, 0.3) is 11.0 Å². The molecular formula is C24H27N3O3S. The Kier molecular flexibility index (Phi) is 6.92. The standard InChI is InChI=1S/C24H27N3O3S/c1-30-23(29)19-12-14-26(15-13-19)22(28)17-31-24-25-20-9-5-6-10-21(20)27(24)16-11-18-7-3-2-4-8-18/h2-10,19H,11-17H2,1H3. The summed E-state index contributed by atoms with van der Waals surface area (Å²) in [6.45, 7) is 2.01. The number of methoxy groups -OCH3 is 1. The molecule has 0 radical (unpaired) electrons. The van der Waals surface area contributed by atoms with Crippen LogP contribution in [0.5, 0.6) is 0 Å². The number of para-hydroxylation sites is 2. The van der Waals surface area contributed by atoms with Crippen molar-refractivity contribution >= 4 is 34.7 Å². The first-order chi connectivity index (χ1) is 15.2. The van der Waals surface area contributed by atoms with Crippen molar-refractivity contribution in [2.75, 3.05) is 26.0 Å². The van der Waals surface area contributed by atoms with E-state index >= 15 is 0 Å². The zero-order chi connectivity index (χ0) is 21.6. The summed E-state index contributed by atoms with van der Waals surface area (Å²) in [6, 6.07) is 18.5. The normalized spacial score (nSPS) is 14.7. The minimum Gasteiger partial charge on any atom is -0.469 e. The molecule has 1 amide bonds. The first-order valence-electron chi connectivity index (χ1n) is 10.6. The molecule has 0 saturated carbocycles. The Hall–Kier alpha value is -2.80. The number of nitrogens with zero attached hydrogens (tertiary/aromatic N) is 3. The van der Waals surface area contributed by atoms with Gasteiger partial charge < -0.3 is 14.2 Å². The summed E-state index contributed by atoms with van der Waals surface area (Å²) in [6.07, 6.45) is 2.24. The molecule has 1 aliphatic rings. The highest BCUT2D eigenvalue weighted by Gasteiger charge is 2.28. The number of carbonyl (C=O) groups is 2. The Labute approximate surface area is 186 Å². The van der Waals surface area contributed by atoms with Gasteiger partial charge in [-0.3, -0.25) is 9.59 Å². The number of likely N-dealkylation sites (tertiary alicyclic amines) is 1. The highest BCUT2D eigenvalue weighted by atomic mass is 32.2. The molecule has 0 atom stereocenters. The number of hydrogen-bond donors (Lipinski definition) is 0. The molecule has 6 nitrogen and oxygen atoms in total. The van der Waals surface area contributed by atoms with Crippen molar-refractivity contribution in [3.8, 4) is 0 Å². The molecule has 2 heterocycles. The molecule has 7 heteroatoms. The predicted octanol–water partition coefficient (Wildman–Crippen LogP) is 3.78. The van der Waals surface area contributed by atoms with Gasteiger partial charge in [0.1, 0.15) is 0 Å². The van der Waals surface area contributed by atoms with E-state index in [2.05, 4.69) is 34.9 Å². The molecule has 3 aromatic rings. The summed E-state index contributed by atoms with van der Waals surface area (Å²) in [7, 11) is 1.42. The first kappa shape index (κ1) is 21.4. The number of piperidine rings is 1. The molecule has 0 unspecified atom stereocenters. The third-order valence-corrected chi connectivity index (χ3v) is 6.75. The van der Waals surface area contributed by atoms with Gasteiger partial charge in [-0.1, -0.05) is 54.2 Å². The van der Waals surface area contributed by atoms with E-state index in [1.165, 1.54) is 24.4 Å². The molecule has 0 spiro atoms. The first-order valence-corrected chi connectivity index (χ1v) is 11.6. The zero-order valence-electron chi connectivity index (χ0n) is 17.7. The molecule has 162 valence electrons. The summed E-state index contributed by atoms with van der Waals surface area (Å²) < 4.78 is 7.04. The Morgan fingerprint density at radius 2 is 1.77 bits per heavy atom. The second-order valence-corrected chi connectivity index (χ2v) is 8.68. The van der Waals surface area contributed by atoms with E-state index in [4.69, 9.17) is 9.72 Å². The van der Waals surface area contributed by atoms with Crippen molar-refractivity contribution in [2.24, 2.45) is 5.92 Å². The van der Waals surface area contributed by atoms with Crippen LogP contribution in [-0.2, 0) is 27.3 Å². The summed E-state index contributed by atoms with van der Waals surface area (Å²) >= 11 is 1.49. The van der Waals surface area contributed by atoms with Crippen LogP contribution < -0.4 is 0 Å². The number of imidazole rings is 1. The van der Waals surface area contributed by atoms with Crippen molar-refractivity contribution < 1.29 is 14.3 Å². The summed E-state index contributed by atoms with van der Waals surface area (Å²) in [5, 5.41) is 0.870. The van der Waals surface area contributed by atoms with Crippen molar-refractivity contribution in [1.29, 1.82) is 0 Å². The largest absolute Gasteiger partial charge is 0.469 e. The van der Waals surface area contributed by atoms with Crippen molar-refractivity contribution in [2.45, 2.75) is 31.0 Å². The Morgan fingerprint density at radius 1 is 1.06 bits per heavy atom. The van der Waals surface area contributed by atoms with Gasteiger partial charge >= 0.3 is 5.97 Å². The van der Waals surface area contributed by atoms with E-state index in [0.29, 0.717) is 31.7 Å². The molecule has 1 fully saturated rings. The van der Waals surface area contributed by atoms with Crippen LogP contribution in [-0.4, -0.2) is 52.3 Å². The third-order valence-electron chi connectivity index (χ3n) is 5.79. The summed E-state index contributed by atoms with van der Waals surface area (Å²) in [5.74, 6) is 0.171. The second-order valence-electron chi connectivity index (χ2n) is 7.74. The molecule has 0 bridgehead atoms. The lowest BCUT2D eigenvalue weighted by atomic mass is 9.97. The van der Waals surface area contributed by atoms with E-state index < -0.39 is 0 Å². The topological polar surface area (TPSA) is 64.4 Å². The molecule has 1 saturated heterocycles. The lowest BCUT2D eigenvalue weighted by molar-refractivity contribution is -0.148. The van der Waals surface area contributed by atoms with Crippen molar-refractivity contribution in [1.82, 2.24) is 14.5 Å². The highest BCUT2D eigenvalue weighted by Crippen LogP contribution is 2.26. The van der Waals surface area contributed by atoms with Gasteiger partial charge in [-0.05, 0) is 37.0 Å². The molecule has 1 aromatic heterocycles. The minimum atomic E-state index is -0.173. The number of rotatable bonds is 7. The lowest BCUT2D eigenvalue weighted by Crippen LogP contribution is -2.41. The Balaban J connectivity index is 1.41. The maximum atomic E-state index is 12.8. The molecule has 4 rings (SSSR count). The van der Waals surface area contributed by atoms with Crippen LogP contribution in [0.2, 0.25) is 0 Å². The maximum Gasteiger partial charge on any atom is 0.308 e. The van der Waals surface area contributed by atoms with Gasteiger partial charge in [0.05, 0.1) is 29.8 Å². The van der Waals surface area contributed by atoms with Gasteiger partial charge in [0.25, 0.3) is 0 Å². The average Bonchev–Trinajstić information content (AvgIpc) is 3.18. The summed E-state index contributed by atoms with van der Waals surface area (Å²) in [4.78, 5) is 31.1. The Morgan fingerprint density at radius 3 is 2.52 bits per heavy atom. The number of aromatic nitrogens is 2. The second kappa shape index (κ2) is 10.0. The smallest absolute Gasteiger partial charge is 0.308 e. The quantitative estimate of drug-likeness (QED) is 0.416. The molecule has 1 aliphatic heterocycles. The van der Waals surface area contributed by atoms with Crippen LogP contribution in [0, 0.1) is 5.92 Å². The molecule has 31 heavy (non-hydrogen) atoms. The van der Waals surface area contributed by atoms with Gasteiger partial charge in [0, 0.05) is 19.6 Å². The lowest BCUT2D eigenvalue weighted by Gasteiger charge is -2.30. The van der Waals surface area contributed by atoms with Crippen LogP contribution in [0.4, 0.5) is 0 Å². The van der Waals surface area contributed by atoms with Gasteiger partial charge in [-0.2, -0.15) is 0 Å². The molecular weight excluding hydrogens is 410 g/mol. The van der Waals surface area contributed by atoms with Crippen LogP contribution >= 0.6 is 11.8 Å². The van der Waals surface area contributed by atoms with E-state index in [1.807, 2.05) is 29.2 Å². The molecule has 0 N–H and O–H groups in total. The maximum absolute atomic E-state index is 12.8. The number of thioether (sulfide) groups is 1. The number of hydrogen-bond acceptors (Lipinski definition) is 5. The number of ether oxygens (including phenoxy) is 1. The number of carbonyl (C=O) groups excluding carboxylic acids is 2. The third kappa shape index (κ3) is 5.10. The number of esters is 1. The zero-order valence-corrected chi connectivity index (χ0v) is 18.5. The van der Waals surface area contributed by atoms with Crippen LogP contribution in [0.1, 0.15) is 18.4 Å². The molecule has 2 aromatic carbocycles. The van der Waals surface area contributed by atoms with Crippen LogP contribution in [0.3, 0.4) is 0 Å². The highest BCUT2D eigenvalue weighted by molar-refractivity contribution is 7.99. The fraction of sp³-hybridized carbons (Fsp3) is 0.375. The Bertz CT molecular complexity index is 1040. The minimum absolute atomic E-state index is 0.0926. The predicted molar refractivity (Wildman–Crippen MR) is 122 cm³/mol. The number of benzene rings is 2. The van der Waals surface area contributed by atoms with E-state index in [9.17, 15) is 9.59 Å². The van der Waals surface area contributed by atoms with Crippen molar-refractivity contribution in [3.63, 3.8) is 0 Å². The fourth-order valence-corrected chi connectivity index (χ4v) is 4.96. The monoisotopic (exact) mass is 437 g/mol. The number of aryl methyl sites for hydroxylation is 2. The van der Waals surface area contributed by atoms with Crippen LogP contribution in [0.15, 0.2) is 59.8 Å². The summed E-state index contributed by atoms with van der Waals surface area (Å²) in [5.41, 5.74) is 3.32. The number of fused-ring (bicyclic) bond motifs is 1. The van der Waals surface area contributed by atoms with E-state index in [1.54, 1.807) is 0 Å². The van der Waals surface area contributed by atoms with Gasteiger partial charge in [-0.25, -0.2) is 4.98 Å². The van der Waals surface area contributed by atoms with Gasteiger partial charge in [0.15, 0.2) is 5.16 Å². The fourth-order valence-electron chi connectivity index (χ4n) is 4.01. The van der Waals surface area contributed by atoms with E-state index in [-0.39, 0.29) is 17.8 Å². The van der Waals surface area contributed by atoms with Gasteiger partial charge in [0.2, 0.25) is 5.91 Å².